The summed E-state index contributed by atoms with van der Waals surface area (Å²) in [5.74, 6) is 0.913. The summed E-state index contributed by atoms with van der Waals surface area (Å²) in [6, 6.07) is 17.8. The normalized spacial score (nSPS) is 16.5. The number of nitrogens with zero attached hydrogens (tertiary/aromatic N) is 3. The van der Waals surface area contributed by atoms with E-state index in [0.29, 0.717) is 5.56 Å². The van der Waals surface area contributed by atoms with E-state index in [1.54, 1.807) is 13.3 Å². The summed E-state index contributed by atoms with van der Waals surface area (Å²) in [5.41, 5.74) is 3.89. The van der Waals surface area contributed by atoms with Gasteiger partial charge in [-0.2, -0.15) is 5.10 Å². The SMILES string of the molecule is COc1ccc(C2CCCN2C(=O)c2ccc(-n3nccc3C)cc2)cc1. The fraction of sp³-hybridized carbons (Fsp3) is 0.273. The predicted octanol–water partition coefficient (Wildman–Crippen LogP) is 4.17. The maximum atomic E-state index is 13.1. The standard InChI is InChI=1S/C22H23N3O2/c1-16-13-14-23-25(16)19-9-5-18(6-10-19)22(26)24-15-3-4-21(24)17-7-11-20(27-2)12-8-17/h5-14,21H,3-4,15H2,1-2H3. The summed E-state index contributed by atoms with van der Waals surface area (Å²) in [7, 11) is 1.66. The summed E-state index contributed by atoms with van der Waals surface area (Å²) in [4.78, 5) is 15.1. The number of aromatic nitrogens is 2. The third-order valence-electron chi connectivity index (χ3n) is 5.21. The van der Waals surface area contributed by atoms with E-state index in [1.165, 1.54) is 0 Å². The zero-order valence-corrected chi connectivity index (χ0v) is 15.6. The second-order valence-electron chi connectivity index (χ2n) is 6.86. The van der Waals surface area contributed by atoms with Crippen molar-refractivity contribution in [3.8, 4) is 11.4 Å². The van der Waals surface area contributed by atoms with Crippen LogP contribution in [0.5, 0.6) is 5.75 Å². The van der Waals surface area contributed by atoms with Crippen LogP contribution in [0, 0.1) is 6.92 Å². The number of hydrogen-bond acceptors (Lipinski definition) is 3. The first kappa shape index (κ1) is 17.3. The van der Waals surface area contributed by atoms with Crippen molar-refractivity contribution in [1.29, 1.82) is 0 Å². The Kier molecular flexibility index (Phi) is 4.67. The molecule has 1 atom stereocenters. The number of ether oxygens (including phenoxy) is 1. The Morgan fingerprint density at radius 3 is 2.44 bits per heavy atom. The van der Waals surface area contributed by atoms with Crippen LogP contribution in [0.1, 0.15) is 40.5 Å². The van der Waals surface area contributed by atoms with Crippen molar-refractivity contribution >= 4 is 5.91 Å². The molecule has 1 aliphatic rings. The van der Waals surface area contributed by atoms with Crippen LogP contribution in [0.25, 0.3) is 5.69 Å². The molecule has 1 amide bonds. The maximum absolute atomic E-state index is 13.1. The first-order chi connectivity index (χ1) is 13.2. The van der Waals surface area contributed by atoms with Crippen LogP contribution in [-0.2, 0) is 0 Å². The Balaban J connectivity index is 1.55. The van der Waals surface area contributed by atoms with Crippen molar-refractivity contribution in [3.63, 3.8) is 0 Å². The zero-order chi connectivity index (χ0) is 18.8. The molecule has 5 heteroatoms. The molecule has 0 radical (unpaired) electrons. The topological polar surface area (TPSA) is 47.4 Å². The van der Waals surface area contributed by atoms with Crippen molar-refractivity contribution in [3.05, 3.63) is 77.6 Å². The highest BCUT2D eigenvalue weighted by Gasteiger charge is 2.30. The minimum atomic E-state index is 0.0806. The molecule has 4 rings (SSSR count). The van der Waals surface area contributed by atoms with Gasteiger partial charge in [0.2, 0.25) is 0 Å². The van der Waals surface area contributed by atoms with Crippen LogP contribution in [-0.4, -0.2) is 34.2 Å². The molecule has 5 nitrogen and oxygen atoms in total. The van der Waals surface area contributed by atoms with Gasteiger partial charge in [-0.15, -0.1) is 0 Å². The van der Waals surface area contributed by atoms with Gasteiger partial charge in [0.25, 0.3) is 5.91 Å². The third-order valence-corrected chi connectivity index (χ3v) is 5.21. The maximum Gasteiger partial charge on any atom is 0.254 e. The number of rotatable bonds is 4. The van der Waals surface area contributed by atoms with Crippen molar-refractivity contribution in [2.24, 2.45) is 0 Å². The molecule has 2 aromatic carbocycles. The van der Waals surface area contributed by atoms with Crippen molar-refractivity contribution < 1.29 is 9.53 Å². The molecule has 138 valence electrons. The van der Waals surface area contributed by atoms with Crippen molar-refractivity contribution in [2.75, 3.05) is 13.7 Å². The van der Waals surface area contributed by atoms with E-state index < -0.39 is 0 Å². The number of carbonyl (C=O) groups is 1. The number of aryl methyl sites for hydroxylation is 1. The number of methoxy groups -OCH3 is 1. The Bertz CT molecular complexity index is 929. The molecular formula is C22H23N3O2. The van der Waals surface area contributed by atoms with Gasteiger partial charge in [0.15, 0.2) is 0 Å². The number of hydrogen-bond donors (Lipinski definition) is 0. The lowest BCUT2D eigenvalue weighted by Gasteiger charge is -2.25. The first-order valence-electron chi connectivity index (χ1n) is 9.23. The highest BCUT2D eigenvalue weighted by atomic mass is 16.5. The molecule has 0 bridgehead atoms. The van der Waals surface area contributed by atoms with E-state index >= 15 is 0 Å². The summed E-state index contributed by atoms with van der Waals surface area (Å²) in [6.45, 7) is 2.80. The molecule has 0 N–H and O–H groups in total. The van der Waals surface area contributed by atoms with Gasteiger partial charge in [0.1, 0.15) is 5.75 Å². The van der Waals surface area contributed by atoms with Crippen molar-refractivity contribution in [1.82, 2.24) is 14.7 Å². The molecular weight excluding hydrogens is 338 g/mol. The summed E-state index contributed by atoms with van der Waals surface area (Å²) in [6.07, 6.45) is 3.79. The van der Waals surface area contributed by atoms with E-state index in [-0.39, 0.29) is 11.9 Å². The van der Waals surface area contributed by atoms with Crippen LogP contribution in [0.3, 0.4) is 0 Å². The lowest BCUT2D eigenvalue weighted by Crippen LogP contribution is -2.30. The molecule has 0 saturated carbocycles. The Morgan fingerprint density at radius 2 is 1.81 bits per heavy atom. The molecule has 1 unspecified atom stereocenters. The van der Waals surface area contributed by atoms with E-state index in [9.17, 15) is 4.79 Å². The monoisotopic (exact) mass is 361 g/mol. The third kappa shape index (κ3) is 3.33. The smallest absolute Gasteiger partial charge is 0.254 e. The fourth-order valence-electron chi connectivity index (χ4n) is 3.73. The zero-order valence-electron chi connectivity index (χ0n) is 15.6. The van der Waals surface area contributed by atoms with Gasteiger partial charge >= 0.3 is 0 Å². The lowest BCUT2D eigenvalue weighted by molar-refractivity contribution is 0.0735. The summed E-state index contributed by atoms with van der Waals surface area (Å²) < 4.78 is 7.10. The van der Waals surface area contributed by atoms with Gasteiger partial charge in [-0.1, -0.05) is 12.1 Å². The molecule has 1 aliphatic heterocycles. The average Bonchev–Trinajstić information content (AvgIpc) is 3.37. The van der Waals surface area contributed by atoms with Gasteiger partial charge in [-0.05, 0) is 67.8 Å². The van der Waals surface area contributed by atoms with Crippen LogP contribution in [0.4, 0.5) is 0 Å². The van der Waals surface area contributed by atoms with Crippen molar-refractivity contribution in [2.45, 2.75) is 25.8 Å². The molecule has 2 heterocycles. The van der Waals surface area contributed by atoms with Gasteiger partial charge in [-0.3, -0.25) is 4.79 Å². The first-order valence-corrected chi connectivity index (χ1v) is 9.23. The molecule has 1 aromatic heterocycles. The lowest BCUT2D eigenvalue weighted by atomic mass is 10.0. The largest absolute Gasteiger partial charge is 0.497 e. The fourth-order valence-corrected chi connectivity index (χ4v) is 3.73. The Labute approximate surface area is 159 Å². The quantitative estimate of drug-likeness (QED) is 0.701. The number of benzene rings is 2. The van der Waals surface area contributed by atoms with E-state index in [2.05, 4.69) is 17.2 Å². The molecule has 1 fully saturated rings. The summed E-state index contributed by atoms with van der Waals surface area (Å²) in [5, 5.41) is 4.31. The molecule has 3 aromatic rings. The summed E-state index contributed by atoms with van der Waals surface area (Å²) >= 11 is 0. The van der Waals surface area contributed by atoms with Gasteiger partial charge in [0.05, 0.1) is 18.8 Å². The number of likely N-dealkylation sites (tertiary alicyclic amines) is 1. The minimum absolute atomic E-state index is 0.0806. The van der Waals surface area contributed by atoms with Gasteiger partial charge in [-0.25, -0.2) is 4.68 Å². The predicted molar refractivity (Wildman–Crippen MR) is 104 cm³/mol. The molecule has 27 heavy (non-hydrogen) atoms. The van der Waals surface area contributed by atoms with E-state index in [1.807, 2.05) is 59.0 Å². The second-order valence-corrected chi connectivity index (χ2v) is 6.86. The number of amides is 1. The highest BCUT2D eigenvalue weighted by Crippen LogP contribution is 2.34. The van der Waals surface area contributed by atoms with E-state index in [0.717, 1.165) is 42.1 Å². The number of carbonyl (C=O) groups excluding carboxylic acids is 1. The van der Waals surface area contributed by atoms with E-state index in [4.69, 9.17) is 4.74 Å². The Hall–Kier alpha value is -3.08. The minimum Gasteiger partial charge on any atom is -0.497 e. The average molecular weight is 361 g/mol. The Morgan fingerprint density at radius 1 is 1.07 bits per heavy atom. The van der Waals surface area contributed by atoms with Crippen LogP contribution < -0.4 is 4.74 Å². The van der Waals surface area contributed by atoms with Crippen LogP contribution in [0.15, 0.2) is 60.8 Å². The second kappa shape index (κ2) is 7.27. The highest BCUT2D eigenvalue weighted by molar-refractivity contribution is 5.94. The van der Waals surface area contributed by atoms with Gasteiger partial charge in [0, 0.05) is 24.0 Å². The molecule has 0 aliphatic carbocycles. The molecule has 0 spiro atoms. The molecule has 1 saturated heterocycles. The van der Waals surface area contributed by atoms with Crippen LogP contribution in [0.2, 0.25) is 0 Å². The van der Waals surface area contributed by atoms with Crippen LogP contribution >= 0.6 is 0 Å². The van der Waals surface area contributed by atoms with Gasteiger partial charge < -0.3 is 9.64 Å².